The summed E-state index contributed by atoms with van der Waals surface area (Å²) in [5.41, 5.74) is 1.58. The van der Waals surface area contributed by atoms with Crippen molar-refractivity contribution in [1.82, 2.24) is 14.2 Å². The van der Waals surface area contributed by atoms with E-state index in [-0.39, 0.29) is 23.9 Å². The van der Waals surface area contributed by atoms with Gasteiger partial charge in [-0.2, -0.15) is 4.31 Å². The molecule has 9 nitrogen and oxygen atoms in total. The van der Waals surface area contributed by atoms with Gasteiger partial charge in [-0.1, -0.05) is 35.9 Å². The number of aromatic nitrogens is 1. The van der Waals surface area contributed by atoms with E-state index in [1.54, 1.807) is 86.5 Å². The molecule has 42 heavy (non-hydrogen) atoms. The van der Waals surface area contributed by atoms with E-state index in [1.165, 1.54) is 4.31 Å². The number of benzene rings is 3. The van der Waals surface area contributed by atoms with Crippen LogP contribution in [0.3, 0.4) is 0 Å². The van der Waals surface area contributed by atoms with Crippen LogP contribution in [0.1, 0.15) is 31.1 Å². The Balaban J connectivity index is 1.19. The molecule has 3 aromatic carbocycles. The largest absolute Gasteiger partial charge is 0.444 e. The highest BCUT2D eigenvalue weighted by atomic mass is 35.5. The lowest BCUT2D eigenvalue weighted by Crippen LogP contribution is -2.50. The lowest BCUT2D eigenvalue weighted by Gasteiger charge is -2.34. The molecule has 2 heterocycles. The predicted octanol–water partition coefficient (Wildman–Crippen LogP) is 6.05. The second-order valence-electron chi connectivity index (χ2n) is 11.0. The van der Waals surface area contributed by atoms with Crippen LogP contribution >= 0.6 is 11.6 Å². The first-order valence-corrected chi connectivity index (χ1v) is 15.3. The number of fused-ring (bicyclic) bond motifs is 1. The molecule has 5 rings (SSSR count). The molecule has 1 aromatic heterocycles. The number of carbonyl (C=O) groups is 2. The number of halogens is 1. The van der Waals surface area contributed by atoms with Crippen LogP contribution in [0.2, 0.25) is 5.02 Å². The summed E-state index contributed by atoms with van der Waals surface area (Å²) in [5, 5.41) is 4.85. The van der Waals surface area contributed by atoms with Crippen molar-refractivity contribution in [3.05, 3.63) is 89.6 Å². The number of rotatable bonds is 5. The highest BCUT2D eigenvalue weighted by molar-refractivity contribution is 7.89. The highest BCUT2D eigenvalue weighted by Crippen LogP contribution is 2.26. The van der Waals surface area contributed by atoms with Gasteiger partial charge in [-0.25, -0.2) is 18.2 Å². The molecule has 1 fully saturated rings. The molecule has 11 heteroatoms. The number of sulfonamides is 1. The number of piperazine rings is 1. The Morgan fingerprint density at radius 3 is 2.14 bits per heavy atom. The molecule has 4 aromatic rings. The number of amides is 2. The van der Waals surface area contributed by atoms with E-state index in [2.05, 4.69) is 10.3 Å². The minimum atomic E-state index is -3.71. The number of ether oxygens (including phenoxy) is 1. The quantitative estimate of drug-likeness (QED) is 0.296. The second kappa shape index (κ2) is 11.7. The summed E-state index contributed by atoms with van der Waals surface area (Å²) in [4.78, 5) is 31.3. The maximum absolute atomic E-state index is 13.3. The van der Waals surface area contributed by atoms with Gasteiger partial charge in [0.2, 0.25) is 10.0 Å². The molecule has 0 atom stereocenters. The van der Waals surface area contributed by atoms with Gasteiger partial charge in [0.05, 0.1) is 4.90 Å². The Morgan fingerprint density at radius 2 is 1.50 bits per heavy atom. The number of hydrogen-bond acceptors (Lipinski definition) is 6. The first-order chi connectivity index (χ1) is 19.9. The Kier molecular flexibility index (Phi) is 8.23. The molecular formula is C31H31ClN4O5S. The van der Waals surface area contributed by atoms with Crippen molar-refractivity contribution in [2.24, 2.45) is 0 Å². The van der Waals surface area contributed by atoms with Gasteiger partial charge in [-0.05, 0) is 85.6 Å². The fourth-order valence-electron chi connectivity index (χ4n) is 4.67. The average Bonchev–Trinajstić information content (AvgIpc) is 2.96. The Hall–Kier alpha value is -3.99. The van der Waals surface area contributed by atoms with Gasteiger partial charge < -0.3 is 9.64 Å². The molecule has 0 unspecified atom stereocenters. The van der Waals surface area contributed by atoms with Crippen LogP contribution in [0.25, 0.3) is 21.9 Å². The fourth-order valence-corrected chi connectivity index (χ4v) is 6.31. The van der Waals surface area contributed by atoms with Crippen LogP contribution in [-0.4, -0.2) is 66.4 Å². The second-order valence-corrected chi connectivity index (χ2v) is 13.4. The van der Waals surface area contributed by atoms with Gasteiger partial charge in [0.1, 0.15) is 11.4 Å². The van der Waals surface area contributed by atoms with E-state index in [4.69, 9.17) is 16.3 Å². The summed E-state index contributed by atoms with van der Waals surface area (Å²) < 4.78 is 33.3. The molecule has 0 aliphatic carbocycles. The monoisotopic (exact) mass is 606 g/mol. The third-order valence-electron chi connectivity index (χ3n) is 6.80. The van der Waals surface area contributed by atoms with E-state index in [9.17, 15) is 18.0 Å². The molecular weight excluding hydrogens is 576 g/mol. The summed E-state index contributed by atoms with van der Waals surface area (Å²) in [5.74, 6) is 0.211. The van der Waals surface area contributed by atoms with Crippen LogP contribution in [0.5, 0.6) is 0 Å². The van der Waals surface area contributed by atoms with Gasteiger partial charge in [-0.15, -0.1) is 0 Å². The summed E-state index contributed by atoms with van der Waals surface area (Å²) in [6.07, 6.45) is 1.05. The highest BCUT2D eigenvalue weighted by Gasteiger charge is 2.30. The standard InChI is InChI=1S/C31H31ClN4O5S/c1-31(2,3)41-30(38)34-28-13-10-25(20-33-28)21-4-6-22(7-5-21)29(37)35-14-16-36(17-15-35)42(39,40)27-12-9-23-18-26(32)11-8-24(23)19-27/h4-13,18-20H,14-17H2,1-3H3,(H,33,34,38). The Labute approximate surface area is 250 Å². The van der Waals surface area contributed by atoms with Gasteiger partial charge in [0, 0.05) is 48.5 Å². The van der Waals surface area contributed by atoms with Crippen LogP contribution in [-0.2, 0) is 14.8 Å². The normalized spacial score (nSPS) is 14.5. The van der Waals surface area contributed by atoms with Crippen molar-refractivity contribution in [2.75, 3.05) is 31.5 Å². The first kappa shape index (κ1) is 29.5. The average molecular weight is 607 g/mol. The molecule has 1 aliphatic rings. The third kappa shape index (κ3) is 6.73. The van der Waals surface area contributed by atoms with Crippen molar-refractivity contribution in [3.63, 3.8) is 0 Å². The zero-order valence-corrected chi connectivity index (χ0v) is 25.1. The SMILES string of the molecule is CC(C)(C)OC(=O)Nc1ccc(-c2ccc(C(=O)N3CCN(S(=O)(=O)c4ccc5cc(Cl)ccc5c4)CC3)cc2)cn1. The van der Waals surface area contributed by atoms with Crippen molar-refractivity contribution in [1.29, 1.82) is 0 Å². The number of pyridine rings is 1. The van der Waals surface area contributed by atoms with E-state index >= 15 is 0 Å². The Bertz CT molecular complexity index is 1730. The van der Waals surface area contributed by atoms with E-state index < -0.39 is 21.7 Å². The summed E-state index contributed by atoms with van der Waals surface area (Å²) in [7, 11) is -3.71. The van der Waals surface area contributed by atoms with E-state index in [0.717, 1.165) is 21.9 Å². The topological polar surface area (TPSA) is 109 Å². The molecule has 1 N–H and O–H groups in total. The van der Waals surface area contributed by atoms with Crippen molar-refractivity contribution in [3.8, 4) is 11.1 Å². The zero-order chi connectivity index (χ0) is 30.1. The number of carbonyl (C=O) groups excluding carboxylic acids is 2. The lowest BCUT2D eigenvalue weighted by molar-refractivity contribution is 0.0634. The number of anilines is 1. The molecule has 0 saturated carbocycles. The van der Waals surface area contributed by atoms with Crippen LogP contribution in [0.4, 0.5) is 10.6 Å². The predicted molar refractivity (Wildman–Crippen MR) is 163 cm³/mol. The minimum absolute atomic E-state index is 0.156. The molecule has 0 bridgehead atoms. The number of nitrogens with one attached hydrogen (secondary N) is 1. The molecule has 2 amide bonds. The Morgan fingerprint density at radius 1 is 0.857 bits per heavy atom. The zero-order valence-electron chi connectivity index (χ0n) is 23.5. The first-order valence-electron chi connectivity index (χ1n) is 13.4. The third-order valence-corrected chi connectivity index (χ3v) is 8.92. The molecule has 1 saturated heterocycles. The molecule has 1 aliphatic heterocycles. The fraction of sp³-hybridized carbons (Fsp3) is 0.258. The van der Waals surface area contributed by atoms with Crippen molar-refractivity contribution < 1.29 is 22.7 Å². The summed E-state index contributed by atoms with van der Waals surface area (Å²) in [6.45, 7) is 6.35. The molecule has 0 radical (unpaired) electrons. The molecule has 0 spiro atoms. The summed E-state index contributed by atoms with van der Waals surface area (Å²) in [6, 6.07) is 21.0. The van der Waals surface area contributed by atoms with Crippen molar-refractivity contribution in [2.45, 2.75) is 31.3 Å². The van der Waals surface area contributed by atoms with Gasteiger partial charge in [0.25, 0.3) is 5.91 Å². The van der Waals surface area contributed by atoms with Crippen molar-refractivity contribution >= 4 is 50.2 Å². The van der Waals surface area contributed by atoms with Crippen LogP contribution in [0, 0.1) is 0 Å². The van der Waals surface area contributed by atoms with Crippen LogP contribution in [0.15, 0.2) is 83.9 Å². The maximum Gasteiger partial charge on any atom is 0.413 e. The van der Waals surface area contributed by atoms with Crippen LogP contribution < -0.4 is 5.32 Å². The molecule has 218 valence electrons. The smallest absolute Gasteiger partial charge is 0.413 e. The maximum atomic E-state index is 13.3. The van der Waals surface area contributed by atoms with E-state index in [1.807, 2.05) is 18.2 Å². The van der Waals surface area contributed by atoms with E-state index in [0.29, 0.717) is 29.5 Å². The number of nitrogens with zero attached hydrogens (tertiary/aromatic N) is 3. The summed E-state index contributed by atoms with van der Waals surface area (Å²) >= 11 is 6.05. The van der Waals surface area contributed by atoms with Gasteiger partial charge >= 0.3 is 6.09 Å². The lowest BCUT2D eigenvalue weighted by atomic mass is 10.0. The minimum Gasteiger partial charge on any atom is -0.444 e. The van der Waals surface area contributed by atoms with Gasteiger partial charge in [0.15, 0.2) is 0 Å². The number of hydrogen-bond donors (Lipinski definition) is 1. The van der Waals surface area contributed by atoms with Gasteiger partial charge in [-0.3, -0.25) is 10.1 Å².